The summed E-state index contributed by atoms with van der Waals surface area (Å²) in [5.41, 5.74) is 3.05. The fourth-order valence-electron chi connectivity index (χ4n) is 2.33. The number of aromatic carboxylic acids is 1. The Hall–Kier alpha value is -2.68. The van der Waals surface area contributed by atoms with E-state index in [1.165, 1.54) is 18.2 Å². The third kappa shape index (κ3) is 4.02. The van der Waals surface area contributed by atoms with Gasteiger partial charge in [0.25, 0.3) is 11.8 Å². The van der Waals surface area contributed by atoms with Crippen molar-refractivity contribution in [3.05, 3.63) is 75.1 Å². The van der Waals surface area contributed by atoms with Gasteiger partial charge in [-0.2, -0.15) is 5.01 Å². The molecular formula is C18H11ClN2O4S2. The highest BCUT2D eigenvalue weighted by Gasteiger charge is 2.34. The summed E-state index contributed by atoms with van der Waals surface area (Å²) in [4.78, 5) is 36.5. The molecule has 2 aromatic carbocycles. The zero-order valence-electron chi connectivity index (χ0n) is 13.5. The highest BCUT2D eigenvalue weighted by atomic mass is 35.5. The number of nitrogens with zero attached hydrogens (tertiary/aromatic N) is 1. The maximum atomic E-state index is 12.6. The first-order chi connectivity index (χ1) is 12.9. The lowest BCUT2D eigenvalue weighted by Crippen LogP contribution is -2.44. The van der Waals surface area contributed by atoms with Crippen LogP contribution in [0.15, 0.2) is 53.4 Å². The molecule has 0 unspecified atom stereocenters. The van der Waals surface area contributed by atoms with Gasteiger partial charge in [-0.15, -0.1) is 0 Å². The van der Waals surface area contributed by atoms with E-state index in [-0.39, 0.29) is 25.4 Å². The number of thiocarbonyl (C=S) groups is 1. The fraction of sp³-hybridized carbons (Fsp3) is 0. The van der Waals surface area contributed by atoms with Crippen molar-refractivity contribution in [2.45, 2.75) is 0 Å². The second-order valence-electron chi connectivity index (χ2n) is 5.33. The van der Waals surface area contributed by atoms with Crippen LogP contribution in [0.2, 0.25) is 5.02 Å². The number of hydrogen-bond acceptors (Lipinski definition) is 5. The number of carboxylic acids is 1. The summed E-state index contributed by atoms with van der Waals surface area (Å²) >= 11 is 12.1. The summed E-state index contributed by atoms with van der Waals surface area (Å²) in [6, 6.07) is 12.7. The molecule has 2 amide bonds. The van der Waals surface area contributed by atoms with Gasteiger partial charge in [-0.1, -0.05) is 53.7 Å². The van der Waals surface area contributed by atoms with Crippen LogP contribution in [0.25, 0.3) is 6.08 Å². The van der Waals surface area contributed by atoms with Crippen LogP contribution in [0.3, 0.4) is 0 Å². The van der Waals surface area contributed by atoms with Gasteiger partial charge in [0.2, 0.25) is 0 Å². The van der Waals surface area contributed by atoms with Gasteiger partial charge in [0.15, 0.2) is 4.32 Å². The third-order valence-electron chi connectivity index (χ3n) is 3.60. The van der Waals surface area contributed by atoms with Crippen molar-refractivity contribution >= 4 is 63.8 Å². The smallest absolute Gasteiger partial charge is 0.336 e. The monoisotopic (exact) mass is 418 g/mol. The number of carboxylic acid groups (broad SMARTS) is 1. The van der Waals surface area contributed by atoms with E-state index in [9.17, 15) is 19.5 Å². The lowest BCUT2D eigenvalue weighted by molar-refractivity contribution is -0.123. The van der Waals surface area contributed by atoms with Crippen LogP contribution >= 0.6 is 35.6 Å². The number of carbonyl (C=O) groups excluding carboxylic acids is 2. The maximum absolute atomic E-state index is 12.6. The van der Waals surface area contributed by atoms with Crippen molar-refractivity contribution in [1.29, 1.82) is 0 Å². The van der Waals surface area contributed by atoms with Crippen LogP contribution in [0, 0.1) is 0 Å². The number of rotatable bonds is 4. The largest absolute Gasteiger partial charge is 0.478 e. The number of hydrogen-bond donors (Lipinski definition) is 2. The molecule has 0 saturated carbocycles. The molecule has 1 aliphatic heterocycles. The van der Waals surface area contributed by atoms with Crippen LogP contribution in [0.1, 0.15) is 26.3 Å². The summed E-state index contributed by atoms with van der Waals surface area (Å²) in [5.74, 6) is -2.24. The first-order valence-corrected chi connectivity index (χ1v) is 9.14. The Morgan fingerprint density at radius 3 is 2.41 bits per heavy atom. The second-order valence-corrected chi connectivity index (χ2v) is 7.41. The van der Waals surface area contributed by atoms with Crippen molar-refractivity contribution in [2.75, 3.05) is 0 Å². The summed E-state index contributed by atoms with van der Waals surface area (Å²) in [7, 11) is 0. The van der Waals surface area contributed by atoms with Crippen LogP contribution in [0.4, 0.5) is 0 Å². The number of amides is 2. The molecule has 136 valence electrons. The average molecular weight is 419 g/mol. The van der Waals surface area contributed by atoms with Gasteiger partial charge in [-0.3, -0.25) is 15.0 Å². The van der Waals surface area contributed by atoms with E-state index in [0.717, 1.165) is 16.8 Å². The summed E-state index contributed by atoms with van der Waals surface area (Å²) in [6.07, 6.45) is 1.43. The Morgan fingerprint density at radius 2 is 1.74 bits per heavy atom. The van der Waals surface area contributed by atoms with Crippen molar-refractivity contribution in [3.8, 4) is 0 Å². The normalized spacial score (nSPS) is 15.3. The quantitative estimate of drug-likeness (QED) is 0.583. The molecular weight excluding hydrogens is 408 g/mol. The molecule has 2 N–H and O–H groups in total. The minimum Gasteiger partial charge on any atom is -0.478 e. The highest BCUT2D eigenvalue weighted by Crippen LogP contribution is 2.32. The Kier molecular flexibility index (Phi) is 5.59. The molecule has 0 aliphatic carbocycles. The second kappa shape index (κ2) is 7.91. The van der Waals surface area contributed by atoms with Gasteiger partial charge in [0.1, 0.15) is 0 Å². The molecule has 1 heterocycles. The van der Waals surface area contributed by atoms with E-state index >= 15 is 0 Å². The number of halogens is 1. The Bertz CT molecular complexity index is 1010. The number of benzene rings is 2. The predicted molar refractivity (Wildman–Crippen MR) is 107 cm³/mol. The van der Waals surface area contributed by atoms with Crippen LogP contribution in [-0.4, -0.2) is 32.2 Å². The van der Waals surface area contributed by atoms with Crippen molar-refractivity contribution in [2.24, 2.45) is 0 Å². The number of nitrogens with one attached hydrogen (secondary N) is 1. The molecule has 6 nitrogen and oxygen atoms in total. The molecule has 1 aliphatic rings. The van der Waals surface area contributed by atoms with Crippen molar-refractivity contribution < 1.29 is 19.5 Å². The Labute approximate surface area is 168 Å². The third-order valence-corrected chi connectivity index (χ3v) is 5.24. The van der Waals surface area contributed by atoms with Gasteiger partial charge in [-0.25, -0.2) is 4.79 Å². The highest BCUT2D eigenvalue weighted by molar-refractivity contribution is 8.26. The van der Waals surface area contributed by atoms with Crippen molar-refractivity contribution in [1.82, 2.24) is 10.4 Å². The first kappa shape index (κ1) is 19.1. The number of thioether (sulfide) groups is 1. The van der Waals surface area contributed by atoms with E-state index in [1.54, 1.807) is 36.4 Å². The molecule has 1 fully saturated rings. The van der Waals surface area contributed by atoms with Crippen LogP contribution < -0.4 is 5.43 Å². The van der Waals surface area contributed by atoms with E-state index in [4.69, 9.17) is 23.8 Å². The molecule has 27 heavy (non-hydrogen) atoms. The molecule has 3 rings (SSSR count). The average Bonchev–Trinajstić information content (AvgIpc) is 2.89. The van der Waals surface area contributed by atoms with Crippen molar-refractivity contribution in [3.63, 3.8) is 0 Å². The SMILES string of the molecule is O=C(NN1C(=O)/C(=C\c2ccccc2C(=O)O)SC1=S)c1ccccc1Cl. The molecule has 9 heteroatoms. The summed E-state index contributed by atoms with van der Waals surface area (Å²) in [6.45, 7) is 0. The van der Waals surface area contributed by atoms with Gasteiger partial charge in [0, 0.05) is 0 Å². The Balaban J connectivity index is 1.85. The van der Waals surface area contributed by atoms with E-state index in [1.807, 2.05) is 0 Å². The first-order valence-electron chi connectivity index (χ1n) is 7.54. The molecule has 0 atom stereocenters. The van der Waals surface area contributed by atoms with E-state index in [2.05, 4.69) is 5.43 Å². The zero-order chi connectivity index (χ0) is 19.6. The predicted octanol–water partition coefficient (Wildman–Crippen LogP) is 3.58. The molecule has 0 spiro atoms. The topological polar surface area (TPSA) is 86.7 Å². The van der Waals surface area contributed by atoms with E-state index < -0.39 is 17.8 Å². The van der Waals surface area contributed by atoms with Gasteiger partial charge < -0.3 is 5.11 Å². The van der Waals surface area contributed by atoms with E-state index in [0.29, 0.717) is 5.56 Å². The molecule has 2 aromatic rings. The minimum absolute atomic E-state index is 0.0582. The maximum Gasteiger partial charge on any atom is 0.336 e. The molecule has 0 aromatic heterocycles. The lowest BCUT2D eigenvalue weighted by Gasteiger charge is -2.16. The van der Waals surface area contributed by atoms with Crippen LogP contribution in [-0.2, 0) is 4.79 Å². The standard InChI is InChI=1S/C18H11ClN2O4S2/c19-13-8-4-3-7-12(13)15(22)20-21-16(23)14(27-18(21)26)9-10-5-1-2-6-11(10)17(24)25/h1-9H,(H,20,22)(H,24,25)/b14-9+. The van der Waals surface area contributed by atoms with Gasteiger partial charge >= 0.3 is 5.97 Å². The zero-order valence-corrected chi connectivity index (χ0v) is 15.9. The fourth-order valence-corrected chi connectivity index (χ4v) is 3.72. The Morgan fingerprint density at radius 1 is 1.11 bits per heavy atom. The van der Waals surface area contributed by atoms with Crippen LogP contribution in [0.5, 0.6) is 0 Å². The molecule has 0 bridgehead atoms. The molecule has 0 radical (unpaired) electrons. The van der Waals surface area contributed by atoms with Gasteiger partial charge in [0.05, 0.1) is 21.1 Å². The minimum atomic E-state index is -1.11. The number of hydrazine groups is 1. The lowest BCUT2D eigenvalue weighted by atomic mass is 10.1. The summed E-state index contributed by atoms with van der Waals surface area (Å²) < 4.78 is 0.124. The number of carbonyl (C=O) groups is 3. The summed E-state index contributed by atoms with van der Waals surface area (Å²) in [5, 5.41) is 10.4. The van der Waals surface area contributed by atoms with Gasteiger partial charge in [-0.05, 0) is 42.1 Å². The molecule has 1 saturated heterocycles.